The fraction of sp³-hybridized carbons (Fsp3) is 0.643. The Kier molecular flexibility index (Phi) is 6.09. The van der Waals surface area contributed by atoms with E-state index in [1.54, 1.807) is 0 Å². The van der Waals surface area contributed by atoms with Gasteiger partial charge >= 0.3 is 0 Å². The monoisotopic (exact) mass is 250 g/mol. The van der Waals surface area contributed by atoms with Crippen LogP contribution in [0.3, 0.4) is 0 Å². The van der Waals surface area contributed by atoms with Crippen LogP contribution in [0.4, 0.5) is 5.82 Å². The van der Waals surface area contributed by atoms with Gasteiger partial charge in [-0.05, 0) is 58.6 Å². The van der Waals surface area contributed by atoms with Gasteiger partial charge in [-0.15, -0.1) is 0 Å². The number of aryl methyl sites for hydroxylation is 1. The van der Waals surface area contributed by atoms with Crippen molar-refractivity contribution in [2.75, 3.05) is 32.9 Å². The van der Waals surface area contributed by atoms with E-state index in [1.165, 1.54) is 0 Å². The Labute approximate surface area is 111 Å². The predicted molar refractivity (Wildman–Crippen MR) is 77.6 cm³/mol. The molecule has 1 aromatic heterocycles. The van der Waals surface area contributed by atoms with Crippen molar-refractivity contribution in [3.05, 3.63) is 23.4 Å². The molecule has 0 aliphatic carbocycles. The summed E-state index contributed by atoms with van der Waals surface area (Å²) in [5, 5.41) is 3.56. The minimum Gasteiger partial charge on any atom is -0.383 e. The molecule has 0 radical (unpaired) electrons. The predicted octanol–water partition coefficient (Wildman–Crippen LogP) is 1.96. The molecule has 1 atom stereocenters. The first kappa shape index (κ1) is 14.9. The minimum absolute atomic E-state index is 0.291. The Bertz CT molecular complexity index is 363. The summed E-state index contributed by atoms with van der Waals surface area (Å²) >= 11 is 0. The van der Waals surface area contributed by atoms with Crippen LogP contribution < -0.4 is 11.1 Å². The van der Waals surface area contributed by atoms with Crippen LogP contribution in [0.25, 0.3) is 0 Å². The summed E-state index contributed by atoms with van der Waals surface area (Å²) < 4.78 is 0. The lowest BCUT2D eigenvalue weighted by Gasteiger charge is -2.22. The van der Waals surface area contributed by atoms with Gasteiger partial charge in [-0.3, -0.25) is 0 Å². The van der Waals surface area contributed by atoms with Crippen molar-refractivity contribution in [1.82, 2.24) is 15.2 Å². The fourth-order valence-electron chi connectivity index (χ4n) is 1.95. The van der Waals surface area contributed by atoms with Gasteiger partial charge in [-0.25, -0.2) is 4.98 Å². The molecule has 0 bridgehead atoms. The van der Waals surface area contributed by atoms with Crippen molar-refractivity contribution < 1.29 is 0 Å². The van der Waals surface area contributed by atoms with Gasteiger partial charge in [-0.2, -0.15) is 0 Å². The summed E-state index contributed by atoms with van der Waals surface area (Å²) in [6.45, 7) is 6.27. The maximum Gasteiger partial charge on any atom is 0.128 e. The summed E-state index contributed by atoms with van der Waals surface area (Å²) in [6.07, 6.45) is 3.99. The zero-order valence-electron chi connectivity index (χ0n) is 12.0. The summed E-state index contributed by atoms with van der Waals surface area (Å²) in [5.74, 6) is 0.646. The van der Waals surface area contributed by atoms with Crippen LogP contribution in [-0.2, 0) is 0 Å². The van der Waals surface area contributed by atoms with Gasteiger partial charge < -0.3 is 16.0 Å². The molecule has 18 heavy (non-hydrogen) atoms. The molecule has 1 aromatic rings. The van der Waals surface area contributed by atoms with Crippen molar-refractivity contribution in [2.24, 2.45) is 0 Å². The highest BCUT2D eigenvalue weighted by Crippen LogP contribution is 2.22. The number of nitrogens with two attached hydrogens (primary N) is 1. The number of rotatable bonds is 7. The van der Waals surface area contributed by atoms with E-state index in [9.17, 15) is 0 Å². The molecule has 0 aliphatic rings. The van der Waals surface area contributed by atoms with Crippen LogP contribution in [0.5, 0.6) is 0 Å². The highest BCUT2D eigenvalue weighted by Gasteiger charge is 2.14. The van der Waals surface area contributed by atoms with Gasteiger partial charge in [-0.1, -0.05) is 6.92 Å². The first-order chi connectivity index (χ1) is 8.54. The summed E-state index contributed by atoms with van der Waals surface area (Å²) in [5.41, 5.74) is 8.29. The van der Waals surface area contributed by atoms with Gasteiger partial charge in [0.05, 0.1) is 0 Å². The number of anilines is 1. The largest absolute Gasteiger partial charge is 0.383 e. The lowest BCUT2D eigenvalue weighted by atomic mass is 10.0. The van der Waals surface area contributed by atoms with Crippen LogP contribution in [0, 0.1) is 6.92 Å². The molecule has 1 unspecified atom stereocenters. The van der Waals surface area contributed by atoms with Crippen molar-refractivity contribution in [3.63, 3.8) is 0 Å². The van der Waals surface area contributed by atoms with Gasteiger partial charge in [0, 0.05) is 17.8 Å². The van der Waals surface area contributed by atoms with Crippen LogP contribution in [-0.4, -0.2) is 37.1 Å². The number of pyridine rings is 1. The van der Waals surface area contributed by atoms with E-state index >= 15 is 0 Å². The van der Waals surface area contributed by atoms with Crippen molar-refractivity contribution in [3.8, 4) is 0 Å². The lowest BCUT2D eigenvalue weighted by Crippen LogP contribution is -2.27. The maximum atomic E-state index is 6.00. The molecule has 4 nitrogen and oxygen atoms in total. The Balaban J connectivity index is 2.82. The summed E-state index contributed by atoms with van der Waals surface area (Å²) in [7, 11) is 4.18. The second-order valence-electron chi connectivity index (χ2n) is 5.09. The zero-order valence-corrected chi connectivity index (χ0v) is 12.0. The summed E-state index contributed by atoms with van der Waals surface area (Å²) in [6, 6.07) is 2.44. The Morgan fingerprint density at radius 3 is 2.78 bits per heavy atom. The molecule has 0 aliphatic heterocycles. The van der Waals surface area contributed by atoms with Gasteiger partial charge in [0.1, 0.15) is 5.82 Å². The molecule has 3 N–H and O–H groups in total. The number of aromatic nitrogens is 1. The van der Waals surface area contributed by atoms with Gasteiger partial charge in [0.25, 0.3) is 0 Å². The van der Waals surface area contributed by atoms with E-state index in [-0.39, 0.29) is 0 Å². The van der Waals surface area contributed by atoms with E-state index in [4.69, 9.17) is 5.73 Å². The van der Waals surface area contributed by atoms with Crippen LogP contribution in [0.15, 0.2) is 12.3 Å². The second-order valence-corrected chi connectivity index (χ2v) is 5.09. The summed E-state index contributed by atoms with van der Waals surface area (Å²) in [4.78, 5) is 6.45. The van der Waals surface area contributed by atoms with Crippen LogP contribution in [0.1, 0.15) is 36.9 Å². The van der Waals surface area contributed by atoms with E-state index in [0.717, 1.165) is 37.1 Å². The van der Waals surface area contributed by atoms with E-state index in [0.29, 0.717) is 11.9 Å². The Morgan fingerprint density at radius 2 is 2.17 bits per heavy atom. The third-order valence-electron chi connectivity index (χ3n) is 2.97. The minimum atomic E-state index is 0.291. The van der Waals surface area contributed by atoms with Crippen LogP contribution >= 0.6 is 0 Å². The standard InChI is InChI=1S/C14H26N4/c1-5-7-16-13(6-8-18(3)4)12-9-11(2)10-17-14(12)15/h9-10,13,16H,5-8H2,1-4H3,(H2,15,17). The van der Waals surface area contributed by atoms with Gasteiger partial charge in [0.15, 0.2) is 0 Å². The molecule has 1 rings (SSSR count). The van der Waals surface area contributed by atoms with Crippen LogP contribution in [0.2, 0.25) is 0 Å². The molecular formula is C14H26N4. The smallest absolute Gasteiger partial charge is 0.128 e. The number of nitrogens with one attached hydrogen (secondary N) is 1. The first-order valence-electron chi connectivity index (χ1n) is 6.64. The molecule has 0 aromatic carbocycles. The number of nitrogens with zero attached hydrogens (tertiary/aromatic N) is 2. The molecular weight excluding hydrogens is 224 g/mol. The second kappa shape index (κ2) is 7.34. The number of hydrogen-bond acceptors (Lipinski definition) is 4. The Hall–Kier alpha value is -1.13. The van der Waals surface area contributed by atoms with Crippen molar-refractivity contribution >= 4 is 5.82 Å². The van der Waals surface area contributed by atoms with Gasteiger partial charge in [0.2, 0.25) is 0 Å². The van der Waals surface area contributed by atoms with Crippen molar-refractivity contribution in [1.29, 1.82) is 0 Å². The van der Waals surface area contributed by atoms with E-state index in [2.05, 4.69) is 49.2 Å². The molecule has 4 heteroatoms. The molecule has 0 saturated carbocycles. The van der Waals surface area contributed by atoms with E-state index < -0.39 is 0 Å². The number of nitrogen functional groups attached to an aromatic ring is 1. The zero-order chi connectivity index (χ0) is 13.5. The number of hydrogen-bond donors (Lipinski definition) is 2. The average molecular weight is 250 g/mol. The first-order valence-corrected chi connectivity index (χ1v) is 6.64. The highest BCUT2D eigenvalue weighted by atomic mass is 15.1. The van der Waals surface area contributed by atoms with E-state index in [1.807, 2.05) is 6.20 Å². The topological polar surface area (TPSA) is 54.2 Å². The quantitative estimate of drug-likeness (QED) is 0.777. The maximum absolute atomic E-state index is 6.00. The highest BCUT2D eigenvalue weighted by molar-refractivity contribution is 5.43. The lowest BCUT2D eigenvalue weighted by molar-refractivity contribution is 0.361. The molecule has 1 heterocycles. The van der Waals surface area contributed by atoms with Crippen molar-refractivity contribution in [2.45, 2.75) is 32.7 Å². The fourth-order valence-corrected chi connectivity index (χ4v) is 1.95. The average Bonchev–Trinajstić information content (AvgIpc) is 2.32. The molecule has 102 valence electrons. The SMILES string of the molecule is CCCNC(CCN(C)C)c1cc(C)cnc1N. The third-order valence-corrected chi connectivity index (χ3v) is 2.97. The molecule has 0 spiro atoms. The third kappa shape index (κ3) is 4.63. The molecule has 0 fully saturated rings. The normalized spacial score (nSPS) is 12.9. The Morgan fingerprint density at radius 1 is 1.44 bits per heavy atom. The molecule has 0 saturated heterocycles. The molecule has 0 amide bonds.